The Morgan fingerprint density at radius 1 is 0.900 bits per heavy atom. The molecule has 3 aromatic rings. The van der Waals surface area contributed by atoms with Gasteiger partial charge in [0.1, 0.15) is 12.4 Å². The van der Waals surface area contributed by atoms with E-state index in [0.717, 1.165) is 11.3 Å². The van der Waals surface area contributed by atoms with Gasteiger partial charge in [-0.25, -0.2) is 4.79 Å². The lowest BCUT2D eigenvalue weighted by Gasteiger charge is -2.08. The second-order valence-corrected chi connectivity index (χ2v) is 6.49. The third kappa shape index (κ3) is 4.88. The summed E-state index contributed by atoms with van der Waals surface area (Å²) in [6.45, 7) is 0.144. The van der Waals surface area contributed by atoms with E-state index < -0.39 is 18.5 Å². The van der Waals surface area contributed by atoms with Gasteiger partial charge < -0.3 is 24.3 Å². The van der Waals surface area contributed by atoms with E-state index in [-0.39, 0.29) is 6.79 Å². The molecule has 0 aliphatic carbocycles. The van der Waals surface area contributed by atoms with Crippen LogP contribution in [0, 0.1) is 0 Å². The van der Waals surface area contributed by atoms with Crippen molar-refractivity contribution in [2.75, 3.05) is 18.7 Å². The highest BCUT2D eigenvalue weighted by atomic mass is 16.7. The largest absolute Gasteiger partial charge is 0.489 e. The van der Waals surface area contributed by atoms with E-state index in [1.54, 1.807) is 42.5 Å². The van der Waals surface area contributed by atoms with E-state index in [1.165, 1.54) is 0 Å². The summed E-state index contributed by atoms with van der Waals surface area (Å²) < 4.78 is 21.2. The average molecular weight is 405 g/mol. The number of ether oxygens (including phenoxy) is 4. The first-order valence-electron chi connectivity index (χ1n) is 9.31. The van der Waals surface area contributed by atoms with Crippen LogP contribution >= 0.6 is 0 Å². The summed E-state index contributed by atoms with van der Waals surface area (Å²) in [5.74, 6) is 0.925. The number of hydrogen-bond acceptors (Lipinski definition) is 6. The number of nitrogens with one attached hydrogen (secondary N) is 1. The summed E-state index contributed by atoms with van der Waals surface area (Å²) in [4.78, 5) is 24.2. The second-order valence-electron chi connectivity index (χ2n) is 6.49. The highest BCUT2D eigenvalue weighted by Gasteiger charge is 2.15. The van der Waals surface area contributed by atoms with Gasteiger partial charge in [0.25, 0.3) is 5.91 Å². The smallest absolute Gasteiger partial charge is 0.338 e. The van der Waals surface area contributed by atoms with Gasteiger partial charge in [0.15, 0.2) is 18.1 Å². The Morgan fingerprint density at radius 3 is 2.47 bits per heavy atom. The van der Waals surface area contributed by atoms with Crippen LogP contribution < -0.4 is 19.5 Å². The highest BCUT2D eigenvalue weighted by molar-refractivity contribution is 5.95. The van der Waals surface area contributed by atoms with Crippen LogP contribution in [0.2, 0.25) is 0 Å². The van der Waals surface area contributed by atoms with Crippen molar-refractivity contribution in [3.05, 3.63) is 83.9 Å². The van der Waals surface area contributed by atoms with E-state index in [0.29, 0.717) is 29.4 Å². The molecule has 4 rings (SSSR count). The second kappa shape index (κ2) is 9.00. The standard InChI is InChI=1S/C23H19NO6/c25-22(24-18-10-11-20-21(12-18)30-15-29-20)14-28-23(26)17-8-6-16(7-9-17)13-27-19-4-2-1-3-5-19/h1-12H,13-15H2,(H,24,25). The zero-order chi connectivity index (χ0) is 20.8. The summed E-state index contributed by atoms with van der Waals surface area (Å²) in [6, 6.07) is 21.4. The van der Waals surface area contributed by atoms with Crippen LogP contribution in [0.15, 0.2) is 72.8 Å². The van der Waals surface area contributed by atoms with Crippen LogP contribution in [0.25, 0.3) is 0 Å². The number of benzene rings is 3. The van der Waals surface area contributed by atoms with Gasteiger partial charge in [0, 0.05) is 11.8 Å². The first-order valence-corrected chi connectivity index (χ1v) is 9.31. The van der Waals surface area contributed by atoms with E-state index >= 15 is 0 Å². The van der Waals surface area contributed by atoms with Gasteiger partial charge in [-0.05, 0) is 42.0 Å². The quantitative estimate of drug-likeness (QED) is 0.602. The molecule has 0 unspecified atom stereocenters. The van der Waals surface area contributed by atoms with E-state index in [9.17, 15) is 9.59 Å². The molecule has 0 spiro atoms. The van der Waals surface area contributed by atoms with Crippen molar-refractivity contribution < 1.29 is 28.5 Å². The lowest BCUT2D eigenvalue weighted by Crippen LogP contribution is -2.20. The maximum absolute atomic E-state index is 12.2. The summed E-state index contributed by atoms with van der Waals surface area (Å²) in [5, 5.41) is 2.65. The van der Waals surface area contributed by atoms with Gasteiger partial charge in [-0.3, -0.25) is 4.79 Å². The number of para-hydroxylation sites is 1. The molecule has 7 heteroatoms. The first-order chi connectivity index (χ1) is 14.7. The molecule has 0 radical (unpaired) electrons. The average Bonchev–Trinajstić information content (AvgIpc) is 3.25. The van der Waals surface area contributed by atoms with E-state index in [4.69, 9.17) is 18.9 Å². The van der Waals surface area contributed by atoms with Gasteiger partial charge in [-0.15, -0.1) is 0 Å². The number of fused-ring (bicyclic) bond motifs is 1. The Morgan fingerprint density at radius 2 is 1.67 bits per heavy atom. The normalized spacial score (nSPS) is 11.6. The van der Waals surface area contributed by atoms with Crippen molar-refractivity contribution in [3.8, 4) is 17.2 Å². The number of hydrogen-bond donors (Lipinski definition) is 1. The lowest BCUT2D eigenvalue weighted by molar-refractivity contribution is -0.119. The topological polar surface area (TPSA) is 83.1 Å². The van der Waals surface area contributed by atoms with Crippen LogP contribution in [-0.2, 0) is 16.1 Å². The van der Waals surface area contributed by atoms with E-state index in [1.807, 2.05) is 30.3 Å². The van der Waals surface area contributed by atoms with Crippen LogP contribution in [0.3, 0.4) is 0 Å². The SMILES string of the molecule is O=C(COC(=O)c1ccc(COc2ccccc2)cc1)Nc1ccc2c(c1)OCO2. The molecule has 1 aliphatic heterocycles. The van der Waals surface area contributed by atoms with Crippen LogP contribution in [0.4, 0.5) is 5.69 Å². The van der Waals surface area contributed by atoms with Crippen molar-refractivity contribution in [3.63, 3.8) is 0 Å². The maximum atomic E-state index is 12.2. The molecule has 0 saturated heterocycles. The number of carbonyl (C=O) groups is 2. The molecule has 1 aliphatic rings. The molecular formula is C23H19NO6. The maximum Gasteiger partial charge on any atom is 0.338 e. The van der Waals surface area contributed by atoms with Crippen LogP contribution in [-0.4, -0.2) is 25.3 Å². The monoisotopic (exact) mass is 405 g/mol. The molecular weight excluding hydrogens is 386 g/mol. The predicted molar refractivity (Wildman–Crippen MR) is 109 cm³/mol. The third-order valence-electron chi connectivity index (χ3n) is 4.33. The van der Waals surface area contributed by atoms with Gasteiger partial charge in [-0.2, -0.15) is 0 Å². The summed E-state index contributed by atoms with van der Waals surface area (Å²) in [6.07, 6.45) is 0. The van der Waals surface area contributed by atoms with Crippen molar-refractivity contribution in [2.24, 2.45) is 0 Å². The number of rotatable bonds is 7. The van der Waals surface area contributed by atoms with Crippen molar-refractivity contribution >= 4 is 17.6 Å². The van der Waals surface area contributed by atoms with Gasteiger partial charge in [0.05, 0.1) is 5.56 Å². The Bertz CT molecular complexity index is 1030. The Kier molecular flexibility index (Phi) is 5.80. The zero-order valence-electron chi connectivity index (χ0n) is 16.0. The van der Waals surface area contributed by atoms with Crippen molar-refractivity contribution in [1.82, 2.24) is 0 Å². The molecule has 0 saturated carbocycles. The molecule has 0 aromatic heterocycles. The van der Waals surface area contributed by atoms with Crippen molar-refractivity contribution in [1.29, 1.82) is 0 Å². The molecule has 152 valence electrons. The molecule has 1 N–H and O–H groups in total. The van der Waals surface area contributed by atoms with E-state index in [2.05, 4.69) is 5.32 Å². The zero-order valence-corrected chi connectivity index (χ0v) is 16.0. The minimum Gasteiger partial charge on any atom is -0.489 e. The Labute approximate surface area is 173 Å². The fourth-order valence-corrected chi connectivity index (χ4v) is 2.81. The fourth-order valence-electron chi connectivity index (χ4n) is 2.81. The minimum absolute atomic E-state index is 0.154. The molecule has 0 bridgehead atoms. The number of amides is 1. The van der Waals surface area contributed by atoms with Crippen LogP contribution in [0.1, 0.15) is 15.9 Å². The van der Waals surface area contributed by atoms with Gasteiger partial charge >= 0.3 is 5.97 Å². The molecule has 30 heavy (non-hydrogen) atoms. The van der Waals surface area contributed by atoms with Gasteiger partial charge in [0.2, 0.25) is 6.79 Å². The molecule has 1 amide bonds. The molecule has 3 aromatic carbocycles. The third-order valence-corrected chi connectivity index (χ3v) is 4.33. The number of anilines is 1. The van der Waals surface area contributed by atoms with Gasteiger partial charge in [-0.1, -0.05) is 30.3 Å². The molecule has 7 nitrogen and oxygen atoms in total. The number of carbonyl (C=O) groups excluding carboxylic acids is 2. The predicted octanol–water partition coefficient (Wildman–Crippen LogP) is 3.79. The van der Waals surface area contributed by atoms with Crippen molar-refractivity contribution in [2.45, 2.75) is 6.61 Å². The first kappa shape index (κ1) is 19.3. The molecule has 0 atom stereocenters. The van der Waals surface area contributed by atoms with Crippen LogP contribution in [0.5, 0.6) is 17.2 Å². The fraction of sp³-hybridized carbons (Fsp3) is 0.130. The summed E-state index contributed by atoms with van der Waals surface area (Å²) in [5.41, 5.74) is 1.80. The highest BCUT2D eigenvalue weighted by Crippen LogP contribution is 2.34. The number of esters is 1. The Balaban J connectivity index is 1.25. The minimum atomic E-state index is -0.577. The Hall–Kier alpha value is -4.00. The lowest BCUT2D eigenvalue weighted by atomic mass is 10.1. The molecule has 0 fully saturated rings. The summed E-state index contributed by atoms with van der Waals surface area (Å²) >= 11 is 0. The summed E-state index contributed by atoms with van der Waals surface area (Å²) in [7, 11) is 0. The molecule has 1 heterocycles.